The fraction of sp³-hybridized carbons (Fsp3) is 0.333. The molecule has 0 unspecified atom stereocenters. The van der Waals surface area contributed by atoms with Gasteiger partial charge in [-0.1, -0.05) is 6.07 Å². The number of aromatic nitrogens is 1. The second kappa shape index (κ2) is 6.21. The molecule has 1 aromatic carbocycles. The van der Waals surface area contributed by atoms with E-state index in [-0.39, 0.29) is 41.6 Å². The van der Waals surface area contributed by atoms with E-state index in [2.05, 4.69) is 4.98 Å². The number of halogens is 4. The summed E-state index contributed by atoms with van der Waals surface area (Å²) < 4.78 is 42.6. The van der Waals surface area contributed by atoms with Gasteiger partial charge < -0.3 is 15.1 Å². The fourth-order valence-electron chi connectivity index (χ4n) is 1.80. The quantitative estimate of drug-likeness (QED) is 0.939. The number of primary amides is 1. The Morgan fingerprint density at radius 3 is 2.62 bits per heavy atom. The molecule has 1 amide bonds. The van der Waals surface area contributed by atoms with Crippen LogP contribution in [0.1, 0.15) is 17.3 Å². The number of hydrogen-bond acceptors (Lipinski definition) is 4. The summed E-state index contributed by atoms with van der Waals surface area (Å²) in [7, 11) is 0. The number of carbonyl (C=O) groups is 1. The first-order chi connectivity index (χ1) is 9.31. The normalized spacial score (nSPS) is 11.2. The van der Waals surface area contributed by atoms with Crippen molar-refractivity contribution in [3.8, 4) is 0 Å². The summed E-state index contributed by atoms with van der Waals surface area (Å²) in [6.45, 7) is 0.441. The van der Waals surface area contributed by atoms with Gasteiger partial charge in [0.2, 0.25) is 0 Å². The van der Waals surface area contributed by atoms with Crippen LogP contribution in [0.25, 0.3) is 11.1 Å². The zero-order valence-electron chi connectivity index (χ0n) is 11.0. The Morgan fingerprint density at radius 1 is 1.43 bits per heavy atom. The third-order valence-electron chi connectivity index (χ3n) is 2.70. The zero-order chi connectivity index (χ0) is 14.9. The van der Waals surface area contributed by atoms with Gasteiger partial charge in [0.25, 0.3) is 11.9 Å². The summed E-state index contributed by atoms with van der Waals surface area (Å²) in [4.78, 5) is 16.1. The van der Waals surface area contributed by atoms with Crippen molar-refractivity contribution < 1.29 is 22.4 Å². The zero-order valence-corrected chi connectivity index (χ0v) is 11.8. The van der Waals surface area contributed by atoms with Crippen LogP contribution in [0, 0.1) is 0 Å². The molecule has 2 rings (SSSR count). The van der Waals surface area contributed by atoms with Gasteiger partial charge in [-0.15, -0.1) is 12.4 Å². The summed E-state index contributed by atoms with van der Waals surface area (Å²) in [6.07, 6.45) is -4.37. The molecule has 0 spiro atoms. The number of carbonyl (C=O) groups excluding carboxylic acids is 1. The molecule has 0 saturated heterocycles. The van der Waals surface area contributed by atoms with Crippen LogP contribution < -0.4 is 10.6 Å². The third kappa shape index (κ3) is 3.78. The first-order valence-corrected chi connectivity index (χ1v) is 5.83. The largest absolute Gasteiger partial charge is 0.423 e. The lowest BCUT2D eigenvalue weighted by atomic mass is 10.2. The second-order valence-corrected chi connectivity index (χ2v) is 4.14. The van der Waals surface area contributed by atoms with Crippen molar-refractivity contribution in [2.75, 3.05) is 18.0 Å². The smallest absolute Gasteiger partial charge is 0.406 e. The van der Waals surface area contributed by atoms with Crippen molar-refractivity contribution in [1.29, 1.82) is 0 Å². The van der Waals surface area contributed by atoms with Crippen LogP contribution in [0.15, 0.2) is 22.6 Å². The van der Waals surface area contributed by atoms with Crippen molar-refractivity contribution in [2.24, 2.45) is 5.73 Å². The predicted octanol–water partition coefficient (Wildman–Crippen LogP) is 2.74. The highest BCUT2D eigenvalue weighted by molar-refractivity contribution is 6.03. The van der Waals surface area contributed by atoms with Gasteiger partial charge in [0.05, 0.1) is 5.56 Å². The number of alkyl halides is 3. The molecule has 116 valence electrons. The molecule has 0 saturated carbocycles. The van der Waals surface area contributed by atoms with Gasteiger partial charge in [0.1, 0.15) is 12.1 Å². The molecule has 21 heavy (non-hydrogen) atoms. The molecule has 1 aromatic heterocycles. The monoisotopic (exact) mass is 323 g/mol. The number of rotatable bonds is 4. The molecule has 5 nitrogen and oxygen atoms in total. The average molecular weight is 324 g/mol. The number of para-hydroxylation sites is 1. The predicted molar refractivity (Wildman–Crippen MR) is 73.7 cm³/mol. The van der Waals surface area contributed by atoms with E-state index in [1.165, 1.54) is 18.2 Å². The van der Waals surface area contributed by atoms with E-state index in [0.29, 0.717) is 0 Å². The molecule has 0 atom stereocenters. The van der Waals surface area contributed by atoms with Crippen LogP contribution in [-0.2, 0) is 0 Å². The Hall–Kier alpha value is -1.96. The minimum absolute atomic E-state index is 0. The summed E-state index contributed by atoms with van der Waals surface area (Å²) in [5, 5.41) is 0. The number of benzene rings is 1. The van der Waals surface area contributed by atoms with Crippen LogP contribution in [0.3, 0.4) is 0 Å². The van der Waals surface area contributed by atoms with Crippen LogP contribution >= 0.6 is 12.4 Å². The van der Waals surface area contributed by atoms with Gasteiger partial charge in [-0.3, -0.25) is 4.79 Å². The van der Waals surface area contributed by atoms with E-state index >= 15 is 0 Å². The summed E-state index contributed by atoms with van der Waals surface area (Å²) >= 11 is 0. The standard InChI is InChI=1S/C12H12F3N3O2.ClH/c1-2-18(6-12(13,14)15)11-17-9-7(10(16)19)4-3-5-8(9)20-11;/h3-5H,2,6H2,1H3,(H2,16,19);1H. The minimum Gasteiger partial charge on any atom is -0.423 e. The number of hydrogen-bond donors (Lipinski definition) is 1. The van der Waals surface area contributed by atoms with E-state index in [1.54, 1.807) is 6.92 Å². The molecule has 0 bridgehead atoms. The maximum atomic E-state index is 12.5. The lowest BCUT2D eigenvalue weighted by Gasteiger charge is -2.19. The van der Waals surface area contributed by atoms with Crippen molar-refractivity contribution in [2.45, 2.75) is 13.1 Å². The highest BCUT2D eigenvalue weighted by Crippen LogP contribution is 2.27. The number of nitrogens with zero attached hydrogens (tertiary/aromatic N) is 2. The maximum Gasteiger partial charge on any atom is 0.406 e. The summed E-state index contributed by atoms with van der Waals surface area (Å²) in [6, 6.07) is 4.29. The molecule has 0 fully saturated rings. The van der Waals surface area contributed by atoms with Gasteiger partial charge >= 0.3 is 6.18 Å². The molecule has 2 N–H and O–H groups in total. The Labute approximate surface area is 124 Å². The third-order valence-corrected chi connectivity index (χ3v) is 2.70. The topological polar surface area (TPSA) is 72.4 Å². The molecule has 0 aliphatic heterocycles. The Balaban J connectivity index is 0.00000220. The average Bonchev–Trinajstić information content (AvgIpc) is 2.77. The summed E-state index contributed by atoms with van der Waals surface area (Å²) in [5.74, 6) is -0.714. The fourth-order valence-corrected chi connectivity index (χ4v) is 1.80. The molecule has 0 radical (unpaired) electrons. The number of anilines is 1. The molecule has 2 aromatic rings. The molecule has 9 heteroatoms. The van der Waals surface area contributed by atoms with E-state index in [9.17, 15) is 18.0 Å². The molecule has 0 aliphatic carbocycles. The first kappa shape index (κ1) is 17.1. The van der Waals surface area contributed by atoms with Crippen LogP contribution in [0.5, 0.6) is 0 Å². The van der Waals surface area contributed by atoms with E-state index in [4.69, 9.17) is 10.2 Å². The van der Waals surface area contributed by atoms with Gasteiger partial charge in [0, 0.05) is 6.54 Å². The van der Waals surface area contributed by atoms with Gasteiger partial charge in [-0.25, -0.2) is 0 Å². The number of fused-ring (bicyclic) bond motifs is 1. The van der Waals surface area contributed by atoms with Gasteiger partial charge in [0.15, 0.2) is 5.58 Å². The van der Waals surface area contributed by atoms with Gasteiger partial charge in [-0.2, -0.15) is 18.2 Å². The molecule has 0 aliphatic rings. The van der Waals surface area contributed by atoms with Crippen molar-refractivity contribution in [3.05, 3.63) is 23.8 Å². The van der Waals surface area contributed by atoms with E-state index < -0.39 is 18.6 Å². The van der Waals surface area contributed by atoms with Crippen molar-refractivity contribution >= 4 is 35.4 Å². The minimum atomic E-state index is -4.37. The Morgan fingerprint density at radius 2 is 2.10 bits per heavy atom. The number of nitrogens with two attached hydrogens (primary N) is 1. The highest BCUT2D eigenvalue weighted by atomic mass is 35.5. The SMILES string of the molecule is CCN(CC(F)(F)F)c1nc2c(C(N)=O)cccc2o1.Cl. The van der Waals surface area contributed by atoms with Crippen LogP contribution in [0.4, 0.5) is 19.2 Å². The molecule has 1 heterocycles. The Bertz CT molecular complexity index is 642. The van der Waals surface area contributed by atoms with E-state index in [1.807, 2.05) is 0 Å². The number of amides is 1. The van der Waals surface area contributed by atoms with Crippen molar-refractivity contribution in [3.63, 3.8) is 0 Å². The lowest BCUT2D eigenvalue weighted by Crippen LogP contribution is -2.34. The Kier molecular flexibility index (Phi) is 5.06. The first-order valence-electron chi connectivity index (χ1n) is 5.83. The lowest BCUT2D eigenvalue weighted by molar-refractivity contribution is -0.120. The molecular formula is C12H13ClF3N3O2. The van der Waals surface area contributed by atoms with Crippen LogP contribution in [0.2, 0.25) is 0 Å². The molecular weight excluding hydrogens is 311 g/mol. The van der Waals surface area contributed by atoms with Gasteiger partial charge in [-0.05, 0) is 19.1 Å². The van der Waals surface area contributed by atoms with E-state index in [0.717, 1.165) is 4.90 Å². The second-order valence-electron chi connectivity index (χ2n) is 4.14. The summed E-state index contributed by atoms with van der Waals surface area (Å²) in [5.41, 5.74) is 5.68. The number of oxazole rings is 1. The maximum absolute atomic E-state index is 12.5. The highest BCUT2D eigenvalue weighted by Gasteiger charge is 2.32. The van der Waals surface area contributed by atoms with Crippen LogP contribution in [-0.4, -0.2) is 30.2 Å². The van der Waals surface area contributed by atoms with Crippen molar-refractivity contribution in [1.82, 2.24) is 4.98 Å².